The first-order valence-electron chi connectivity index (χ1n) is 5.08. The number of hydrogen-bond acceptors (Lipinski definition) is 5. The number of ether oxygens (including phenoxy) is 1. The average molecular weight is 228 g/mol. The summed E-state index contributed by atoms with van der Waals surface area (Å²) < 4.78 is 5.28. The minimum Gasteiger partial charge on any atom is -0.384 e. The van der Waals surface area contributed by atoms with Crippen LogP contribution in [-0.2, 0) is 10.3 Å². The molecule has 0 atom stereocenters. The van der Waals surface area contributed by atoms with Gasteiger partial charge in [0.1, 0.15) is 5.60 Å². The first-order chi connectivity index (χ1) is 7.07. The van der Waals surface area contributed by atoms with Gasteiger partial charge >= 0.3 is 0 Å². The van der Waals surface area contributed by atoms with Gasteiger partial charge in [-0.25, -0.2) is 4.98 Å². The first kappa shape index (κ1) is 10.9. The van der Waals surface area contributed by atoms with Crippen LogP contribution in [0.3, 0.4) is 0 Å². The lowest BCUT2D eigenvalue weighted by Crippen LogP contribution is -2.36. The maximum atomic E-state index is 9.80. The van der Waals surface area contributed by atoms with Crippen molar-refractivity contribution in [3.8, 4) is 0 Å². The smallest absolute Gasteiger partial charge is 0.185 e. The normalized spacial score (nSPS) is 18.2. The Labute approximate surface area is 93.5 Å². The molecule has 0 radical (unpaired) electrons. The predicted octanol–water partition coefficient (Wildman–Crippen LogP) is 1.21. The van der Waals surface area contributed by atoms with Gasteiger partial charge < -0.3 is 14.7 Å². The van der Waals surface area contributed by atoms with Crippen molar-refractivity contribution in [2.45, 2.75) is 19.4 Å². The summed E-state index contributed by atoms with van der Waals surface area (Å²) in [6.07, 6.45) is 0. The van der Waals surface area contributed by atoms with Crippen LogP contribution in [0, 0.1) is 0 Å². The Morgan fingerprint density at radius 3 is 2.67 bits per heavy atom. The van der Waals surface area contributed by atoms with Crippen LogP contribution in [0.4, 0.5) is 5.13 Å². The Morgan fingerprint density at radius 1 is 1.47 bits per heavy atom. The average Bonchev–Trinajstić information content (AvgIpc) is 2.67. The van der Waals surface area contributed by atoms with Gasteiger partial charge in [0.2, 0.25) is 0 Å². The predicted molar refractivity (Wildman–Crippen MR) is 60.4 cm³/mol. The molecule has 5 heteroatoms. The summed E-state index contributed by atoms with van der Waals surface area (Å²) >= 11 is 1.58. The second kappa shape index (κ2) is 4.08. The van der Waals surface area contributed by atoms with E-state index >= 15 is 0 Å². The molecule has 1 saturated heterocycles. The standard InChI is InChI=1S/C10H16N2O2S/c1-10(2,13)8-7-15-9(11-8)12-3-5-14-6-4-12/h7,13H,3-6H2,1-2H3. The van der Waals surface area contributed by atoms with Gasteiger partial charge in [-0.05, 0) is 13.8 Å². The number of anilines is 1. The van der Waals surface area contributed by atoms with Crippen molar-refractivity contribution < 1.29 is 9.84 Å². The van der Waals surface area contributed by atoms with Crippen molar-refractivity contribution in [1.29, 1.82) is 0 Å². The van der Waals surface area contributed by atoms with E-state index in [4.69, 9.17) is 4.74 Å². The highest BCUT2D eigenvalue weighted by Crippen LogP contribution is 2.27. The summed E-state index contributed by atoms with van der Waals surface area (Å²) in [5.74, 6) is 0. The molecule has 1 N–H and O–H groups in total. The molecular weight excluding hydrogens is 212 g/mol. The molecule has 84 valence electrons. The van der Waals surface area contributed by atoms with Crippen LogP contribution in [-0.4, -0.2) is 36.4 Å². The van der Waals surface area contributed by atoms with Crippen LogP contribution in [0.1, 0.15) is 19.5 Å². The van der Waals surface area contributed by atoms with E-state index in [-0.39, 0.29) is 0 Å². The number of aromatic nitrogens is 1. The summed E-state index contributed by atoms with van der Waals surface area (Å²) in [5.41, 5.74) is -0.102. The van der Waals surface area contributed by atoms with E-state index in [1.165, 1.54) is 0 Å². The zero-order valence-electron chi connectivity index (χ0n) is 9.06. The summed E-state index contributed by atoms with van der Waals surface area (Å²) in [6.45, 7) is 6.81. The van der Waals surface area contributed by atoms with Crippen molar-refractivity contribution in [2.75, 3.05) is 31.2 Å². The van der Waals surface area contributed by atoms with Crippen LogP contribution >= 0.6 is 11.3 Å². The van der Waals surface area contributed by atoms with Gasteiger partial charge in [0.25, 0.3) is 0 Å². The largest absolute Gasteiger partial charge is 0.384 e. The van der Waals surface area contributed by atoms with E-state index in [0.29, 0.717) is 0 Å². The lowest BCUT2D eigenvalue weighted by Gasteiger charge is -2.26. The summed E-state index contributed by atoms with van der Waals surface area (Å²) in [4.78, 5) is 6.64. The molecule has 0 unspecified atom stereocenters. The van der Waals surface area contributed by atoms with E-state index in [1.54, 1.807) is 25.2 Å². The third kappa shape index (κ3) is 2.48. The molecule has 2 rings (SSSR count). The number of morpholine rings is 1. The summed E-state index contributed by atoms with van der Waals surface area (Å²) in [5, 5.41) is 12.7. The van der Waals surface area contributed by atoms with Crippen molar-refractivity contribution in [1.82, 2.24) is 4.98 Å². The van der Waals surface area contributed by atoms with Crippen molar-refractivity contribution in [2.24, 2.45) is 0 Å². The lowest BCUT2D eigenvalue weighted by atomic mass is 10.1. The number of hydrogen-bond donors (Lipinski definition) is 1. The van der Waals surface area contributed by atoms with E-state index in [1.807, 2.05) is 5.38 Å². The molecule has 0 spiro atoms. The van der Waals surface area contributed by atoms with Crippen molar-refractivity contribution in [3.05, 3.63) is 11.1 Å². The highest BCUT2D eigenvalue weighted by atomic mass is 32.1. The number of thiazole rings is 1. The SMILES string of the molecule is CC(C)(O)c1csc(N2CCOCC2)n1. The van der Waals surface area contributed by atoms with Crippen LogP contribution < -0.4 is 4.90 Å². The van der Waals surface area contributed by atoms with Gasteiger partial charge in [-0.3, -0.25) is 0 Å². The number of rotatable bonds is 2. The molecule has 0 saturated carbocycles. The Hall–Kier alpha value is -0.650. The zero-order chi connectivity index (χ0) is 10.9. The number of nitrogens with zero attached hydrogens (tertiary/aromatic N) is 2. The molecule has 15 heavy (non-hydrogen) atoms. The Morgan fingerprint density at radius 2 is 2.13 bits per heavy atom. The Kier molecular flexibility index (Phi) is 2.95. The van der Waals surface area contributed by atoms with Crippen LogP contribution in [0.2, 0.25) is 0 Å². The Bertz CT molecular complexity index is 326. The van der Waals surface area contributed by atoms with Gasteiger partial charge in [-0.15, -0.1) is 11.3 Å². The summed E-state index contributed by atoms with van der Waals surface area (Å²) in [6, 6.07) is 0. The topological polar surface area (TPSA) is 45.6 Å². The van der Waals surface area contributed by atoms with Gasteiger partial charge in [0.05, 0.1) is 18.9 Å². The van der Waals surface area contributed by atoms with Crippen molar-refractivity contribution in [3.63, 3.8) is 0 Å². The quantitative estimate of drug-likeness (QED) is 0.826. The maximum absolute atomic E-state index is 9.80. The minimum absolute atomic E-state index is 0.744. The number of aliphatic hydroxyl groups is 1. The van der Waals surface area contributed by atoms with Gasteiger partial charge in [-0.1, -0.05) is 0 Å². The molecular formula is C10H16N2O2S. The first-order valence-corrected chi connectivity index (χ1v) is 5.96. The van der Waals surface area contributed by atoms with Gasteiger partial charge in [0, 0.05) is 18.5 Å². The molecule has 0 amide bonds. The Balaban J connectivity index is 2.12. The fourth-order valence-corrected chi connectivity index (χ4v) is 2.49. The van der Waals surface area contributed by atoms with E-state index in [9.17, 15) is 5.11 Å². The maximum Gasteiger partial charge on any atom is 0.185 e. The monoisotopic (exact) mass is 228 g/mol. The van der Waals surface area contributed by atoms with Crippen LogP contribution in [0.5, 0.6) is 0 Å². The molecule has 1 aromatic heterocycles. The summed E-state index contributed by atoms with van der Waals surface area (Å²) in [7, 11) is 0. The second-order valence-electron chi connectivity index (χ2n) is 4.17. The second-order valence-corrected chi connectivity index (χ2v) is 5.01. The van der Waals surface area contributed by atoms with Crippen LogP contribution in [0.15, 0.2) is 5.38 Å². The highest BCUT2D eigenvalue weighted by Gasteiger charge is 2.22. The van der Waals surface area contributed by atoms with Gasteiger partial charge in [0.15, 0.2) is 5.13 Å². The molecule has 4 nitrogen and oxygen atoms in total. The third-order valence-corrected chi connectivity index (χ3v) is 3.30. The van der Waals surface area contributed by atoms with Crippen LogP contribution in [0.25, 0.3) is 0 Å². The van der Waals surface area contributed by atoms with E-state index < -0.39 is 5.60 Å². The molecule has 2 heterocycles. The molecule has 0 aromatic carbocycles. The minimum atomic E-state index is -0.846. The zero-order valence-corrected chi connectivity index (χ0v) is 9.88. The molecule has 1 aromatic rings. The van der Waals surface area contributed by atoms with E-state index in [0.717, 1.165) is 37.1 Å². The lowest BCUT2D eigenvalue weighted by molar-refractivity contribution is 0.0745. The van der Waals surface area contributed by atoms with Gasteiger partial charge in [-0.2, -0.15) is 0 Å². The molecule has 0 aliphatic carbocycles. The highest BCUT2D eigenvalue weighted by molar-refractivity contribution is 7.13. The molecule has 0 bridgehead atoms. The molecule has 1 aliphatic heterocycles. The fourth-order valence-electron chi connectivity index (χ4n) is 1.45. The molecule has 1 aliphatic rings. The van der Waals surface area contributed by atoms with Crippen molar-refractivity contribution >= 4 is 16.5 Å². The molecule has 1 fully saturated rings. The fraction of sp³-hybridized carbons (Fsp3) is 0.700. The third-order valence-electron chi connectivity index (χ3n) is 2.40. The van der Waals surface area contributed by atoms with E-state index in [2.05, 4.69) is 9.88 Å².